The number of carbonyl (C=O) groups is 1. The van der Waals surface area contributed by atoms with Crippen molar-refractivity contribution in [2.75, 3.05) is 5.32 Å². The van der Waals surface area contributed by atoms with E-state index >= 15 is 0 Å². The maximum atomic E-state index is 12.2. The Morgan fingerprint density at radius 2 is 1.91 bits per heavy atom. The van der Waals surface area contributed by atoms with Gasteiger partial charge in [0.15, 0.2) is 5.13 Å². The lowest BCUT2D eigenvalue weighted by Crippen LogP contribution is -2.14. The zero-order valence-corrected chi connectivity index (χ0v) is 13.6. The molecule has 2 aromatic heterocycles. The number of hydrogen-bond acceptors (Lipinski definition) is 4. The molecule has 23 heavy (non-hydrogen) atoms. The summed E-state index contributed by atoms with van der Waals surface area (Å²) in [7, 11) is 0. The van der Waals surface area contributed by atoms with E-state index in [2.05, 4.69) is 22.2 Å². The highest BCUT2D eigenvalue weighted by molar-refractivity contribution is 7.14. The van der Waals surface area contributed by atoms with Crippen LogP contribution < -0.4 is 5.32 Å². The maximum absolute atomic E-state index is 12.2. The molecular weight excluding hydrogens is 306 g/mol. The summed E-state index contributed by atoms with van der Waals surface area (Å²) in [6, 6.07) is 13.9. The number of aromatic nitrogens is 2. The smallest absolute Gasteiger partial charge is 0.226 e. The largest absolute Gasteiger partial charge is 0.302 e. The summed E-state index contributed by atoms with van der Waals surface area (Å²) in [5.41, 5.74) is 3.01. The average Bonchev–Trinajstić information content (AvgIpc) is 3.04. The van der Waals surface area contributed by atoms with Crippen molar-refractivity contribution in [1.29, 1.82) is 0 Å². The molecule has 5 heteroatoms. The molecule has 1 atom stereocenters. The lowest BCUT2D eigenvalue weighted by atomic mass is 9.98. The van der Waals surface area contributed by atoms with Crippen molar-refractivity contribution in [1.82, 2.24) is 9.97 Å². The zero-order valence-electron chi connectivity index (χ0n) is 12.8. The molecular formula is C18H17N3OS. The molecule has 4 nitrogen and oxygen atoms in total. The fourth-order valence-corrected chi connectivity index (χ4v) is 3.07. The summed E-state index contributed by atoms with van der Waals surface area (Å²) in [5.74, 6) is 0.160. The second-order valence-electron chi connectivity index (χ2n) is 5.34. The zero-order chi connectivity index (χ0) is 16.1. The van der Waals surface area contributed by atoms with Gasteiger partial charge in [-0.2, -0.15) is 0 Å². The maximum Gasteiger partial charge on any atom is 0.226 e. The minimum Gasteiger partial charge on any atom is -0.302 e. The number of amides is 1. The Kier molecular flexibility index (Phi) is 4.78. The Balaban J connectivity index is 1.61. The lowest BCUT2D eigenvalue weighted by Gasteiger charge is -2.10. The normalized spacial score (nSPS) is 11.9. The molecule has 0 saturated carbocycles. The van der Waals surface area contributed by atoms with E-state index < -0.39 is 0 Å². The van der Waals surface area contributed by atoms with E-state index in [-0.39, 0.29) is 11.8 Å². The standard InChI is InChI=1S/C18H17N3OS/c1-13(14-5-3-2-4-6-14)11-17(22)21-18-20-16(12-23-18)15-7-9-19-10-8-15/h2-10,12-13H,11H2,1H3,(H,20,21,22). The fourth-order valence-electron chi connectivity index (χ4n) is 2.33. The van der Waals surface area contributed by atoms with Crippen LogP contribution in [-0.2, 0) is 4.79 Å². The third kappa shape index (κ3) is 4.02. The van der Waals surface area contributed by atoms with Crippen LogP contribution in [-0.4, -0.2) is 15.9 Å². The van der Waals surface area contributed by atoms with Gasteiger partial charge in [0, 0.05) is 29.8 Å². The number of nitrogens with zero attached hydrogens (tertiary/aromatic N) is 2. The molecule has 0 spiro atoms. The van der Waals surface area contributed by atoms with Crippen LogP contribution in [0.1, 0.15) is 24.8 Å². The van der Waals surface area contributed by atoms with Gasteiger partial charge in [-0.3, -0.25) is 9.78 Å². The average molecular weight is 323 g/mol. The topological polar surface area (TPSA) is 54.9 Å². The Morgan fingerprint density at radius 1 is 1.17 bits per heavy atom. The van der Waals surface area contributed by atoms with Crippen molar-refractivity contribution >= 4 is 22.4 Å². The van der Waals surface area contributed by atoms with Gasteiger partial charge in [-0.15, -0.1) is 11.3 Å². The molecule has 1 aromatic carbocycles. The van der Waals surface area contributed by atoms with Crippen LogP contribution in [0.15, 0.2) is 60.2 Å². The van der Waals surface area contributed by atoms with E-state index in [1.807, 2.05) is 47.8 Å². The third-order valence-corrected chi connectivity index (χ3v) is 4.34. The summed E-state index contributed by atoms with van der Waals surface area (Å²) in [6.45, 7) is 2.05. The lowest BCUT2D eigenvalue weighted by molar-refractivity contribution is -0.116. The number of anilines is 1. The predicted octanol–water partition coefficient (Wildman–Crippen LogP) is 4.34. The number of pyridine rings is 1. The summed E-state index contributed by atoms with van der Waals surface area (Å²) in [6.07, 6.45) is 3.90. The highest BCUT2D eigenvalue weighted by atomic mass is 32.1. The van der Waals surface area contributed by atoms with Crippen molar-refractivity contribution < 1.29 is 4.79 Å². The van der Waals surface area contributed by atoms with Crippen LogP contribution in [0.5, 0.6) is 0 Å². The Hall–Kier alpha value is -2.53. The van der Waals surface area contributed by atoms with Gasteiger partial charge >= 0.3 is 0 Å². The molecule has 1 N–H and O–H groups in total. The van der Waals surface area contributed by atoms with Gasteiger partial charge in [0.2, 0.25) is 5.91 Å². The Bertz CT molecular complexity index is 771. The van der Waals surface area contributed by atoms with E-state index in [1.54, 1.807) is 12.4 Å². The van der Waals surface area contributed by atoms with Gasteiger partial charge in [0.25, 0.3) is 0 Å². The third-order valence-electron chi connectivity index (χ3n) is 3.59. The fraction of sp³-hybridized carbons (Fsp3) is 0.167. The quantitative estimate of drug-likeness (QED) is 0.760. The van der Waals surface area contributed by atoms with E-state index in [9.17, 15) is 4.79 Å². The number of nitrogens with one attached hydrogen (secondary N) is 1. The molecule has 0 aliphatic rings. The van der Waals surface area contributed by atoms with Crippen LogP contribution >= 0.6 is 11.3 Å². The number of hydrogen-bond donors (Lipinski definition) is 1. The van der Waals surface area contributed by atoms with Crippen molar-refractivity contribution in [2.24, 2.45) is 0 Å². The molecule has 116 valence electrons. The minimum atomic E-state index is -0.0167. The van der Waals surface area contributed by atoms with Gasteiger partial charge in [0.1, 0.15) is 0 Å². The molecule has 0 bridgehead atoms. The second kappa shape index (κ2) is 7.15. The Morgan fingerprint density at radius 3 is 2.65 bits per heavy atom. The molecule has 0 saturated heterocycles. The second-order valence-corrected chi connectivity index (χ2v) is 6.20. The monoisotopic (exact) mass is 323 g/mol. The first-order chi connectivity index (χ1) is 11.2. The van der Waals surface area contributed by atoms with Crippen molar-refractivity contribution in [2.45, 2.75) is 19.3 Å². The molecule has 0 fully saturated rings. The van der Waals surface area contributed by atoms with Gasteiger partial charge < -0.3 is 5.32 Å². The highest BCUT2D eigenvalue weighted by Gasteiger charge is 2.13. The first kappa shape index (κ1) is 15.4. The van der Waals surface area contributed by atoms with Crippen LogP contribution in [0.2, 0.25) is 0 Å². The molecule has 0 aliphatic heterocycles. The Labute approximate surface area is 139 Å². The van der Waals surface area contributed by atoms with Gasteiger partial charge in [0.05, 0.1) is 5.69 Å². The van der Waals surface area contributed by atoms with E-state index in [0.717, 1.165) is 11.3 Å². The minimum absolute atomic E-state index is 0.0167. The van der Waals surface area contributed by atoms with Gasteiger partial charge in [-0.1, -0.05) is 37.3 Å². The molecule has 3 rings (SSSR count). The number of benzene rings is 1. The van der Waals surface area contributed by atoms with Crippen molar-refractivity contribution in [3.63, 3.8) is 0 Å². The summed E-state index contributed by atoms with van der Waals surface area (Å²) >= 11 is 1.43. The van der Waals surface area contributed by atoms with Crippen LogP contribution in [0, 0.1) is 0 Å². The predicted molar refractivity (Wildman–Crippen MR) is 93.4 cm³/mol. The highest BCUT2D eigenvalue weighted by Crippen LogP contribution is 2.25. The number of carbonyl (C=O) groups excluding carboxylic acids is 1. The van der Waals surface area contributed by atoms with Gasteiger partial charge in [-0.05, 0) is 23.6 Å². The first-order valence-corrected chi connectivity index (χ1v) is 8.31. The van der Waals surface area contributed by atoms with E-state index in [4.69, 9.17) is 0 Å². The summed E-state index contributed by atoms with van der Waals surface area (Å²) in [5, 5.41) is 5.45. The van der Waals surface area contributed by atoms with Crippen molar-refractivity contribution in [3.05, 3.63) is 65.8 Å². The summed E-state index contributed by atoms with van der Waals surface area (Å²) < 4.78 is 0. The van der Waals surface area contributed by atoms with E-state index in [0.29, 0.717) is 11.6 Å². The summed E-state index contributed by atoms with van der Waals surface area (Å²) in [4.78, 5) is 20.6. The van der Waals surface area contributed by atoms with E-state index in [1.165, 1.54) is 16.9 Å². The van der Waals surface area contributed by atoms with Crippen molar-refractivity contribution in [3.8, 4) is 11.3 Å². The molecule has 0 radical (unpaired) electrons. The SMILES string of the molecule is CC(CC(=O)Nc1nc(-c2ccncc2)cs1)c1ccccc1. The molecule has 1 amide bonds. The molecule has 0 aliphatic carbocycles. The van der Waals surface area contributed by atoms with Crippen LogP contribution in [0.3, 0.4) is 0 Å². The first-order valence-electron chi connectivity index (χ1n) is 7.43. The van der Waals surface area contributed by atoms with Crippen LogP contribution in [0.4, 0.5) is 5.13 Å². The number of rotatable bonds is 5. The van der Waals surface area contributed by atoms with Crippen LogP contribution in [0.25, 0.3) is 11.3 Å². The molecule has 1 unspecified atom stereocenters. The van der Waals surface area contributed by atoms with Gasteiger partial charge in [-0.25, -0.2) is 4.98 Å². The number of thiazole rings is 1. The molecule has 2 heterocycles. The molecule has 3 aromatic rings.